The van der Waals surface area contributed by atoms with Gasteiger partial charge in [-0.05, 0) is 135 Å². The van der Waals surface area contributed by atoms with Crippen LogP contribution in [-0.4, -0.2) is 36.6 Å². The Morgan fingerprint density at radius 2 is 0.797 bits per heavy atom. The van der Waals surface area contributed by atoms with Gasteiger partial charge in [0, 0.05) is 6.07 Å². The molecule has 0 aliphatic rings. The maximum absolute atomic E-state index is 12.9. The number of benzene rings is 5. The van der Waals surface area contributed by atoms with Crippen LogP contribution in [0.15, 0.2) is 121 Å². The minimum Gasteiger partial charge on any atom is -0.494 e. The van der Waals surface area contributed by atoms with Gasteiger partial charge in [-0.15, -0.1) is 0 Å². The third kappa shape index (κ3) is 14.5. The van der Waals surface area contributed by atoms with Gasteiger partial charge in [0.2, 0.25) is 0 Å². The number of esters is 4. The highest BCUT2D eigenvalue weighted by Gasteiger charge is 2.16. The molecule has 0 N–H and O–H groups in total. The Bertz CT molecular complexity index is 2090. The van der Waals surface area contributed by atoms with Crippen LogP contribution in [0.3, 0.4) is 0 Å². The smallest absolute Gasteiger partial charge is 0.343 e. The Morgan fingerprint density at radius 3 is 1.24 bits per heavy atom. The number of carbonyl (C=O) groups is 4. The van der Waals surface area contributed by atoms with Crippen LogP contribution in [0.4, 0.5) is 0 Å². The van der Waals surface area contributed by atoms with Gasteiger partial charge in [-0.3, -0.25) is 0 Å². The molecule has 0 saturated heterocycles. The quantitative estimate of drug-likeness (QED) is 0.0379. The fourth-order valence-electron chi connectivity index (χ4n) is 5.99. The van der Waals surface area contributed by atoms with Crippen LogP contribution >= 0.6 is 0 Å². The first kappa shape index (κ1) is 43.7. The molecule has 10 heteroatoms. The van der Waals surface area contributed by atoms with Crippen molar-refractivity contribution in [3.63, 3.8) is 0 Å². The molecule has 0 unspecified atom stereocenters. The topological polar surface area (TPSA) is 124 Å². The highest BCUT2D eigenvalue weighted by Crippen LogP contribution is 2.24. The van der Waals surface area contributed by atoms with E-state index in [-0.39, 0.29) is 40.2 Å². The summed E-state index contributed by atoms with van der Waals surface area (Å²) in [6.07, 6.45) is 11.5. The van der Waals surface area contributed by atoms with Crippen LogP contribution in [-0.2, 0) is 0 Å². The third-order valence-corrected chi connectivity index (χ3v) is 9.33. The van der Waals surface area contributed by atoms with Crippen molar-refractivity contribution in [2.45, 2.75) is 91.1 Å². The maximum Gasteiger partial charge on any atom is 0.343 e. The van der Waals surface area contributed by atoms with E-state index in [9.17, 15) is 19.2 Å². The molecule has 0 bridgehead atoms. The molecule has 308 valence electrons. The van der Waals surface area contributed by atoms with Gasteiger partial charge >= 0.3 is 23.9 Å². The van der Waals surface area contributed by atoms with E-state index in [1.165, 1.54) is 93.1 Å². The predicted octanol–water partition coefficient (Wildman–Crippen LogP) is 11.7. The lowest BCUT2D eigenvalue weighted by atomic mass is 10.1. The van der Waals surface area contributed by atoms with Crippen LogP contribution in [0.25, 0.3) is 0 Å². The average molecular weight is 801 g/mol. The number of hydrogen-bond donors (Lipinski definition) is 0. The first-order valence-electron chi connectivity index (χ1n) is 20.4. The van der Waals surface area contributed by atoms with Crippen molar-refractivity contribution in [1.29, 1.82) is 0 Å². The number of carbonyl (C=O) groups excluding carboxylic acids is 4. The largest absolute Gasteiger partial charge is 0.494 e. The van der Waals surface area contributed by atoms with E-state index in [2.05, 4.69) is 13.8 Å². The molecule has 5 aromatic rings. The standard InChI is InChI=1S/C49H52O10/c1-4-6-8-10-12-33-54-40-25-17-36(18-26-40)46(50)56-42-29-21-38(22-30-42)48(52)58-44-15-13-16-45(34-44)59-49(53)39-23-31-43(32-24-39)57-47(51)37-19-27-41(28-20-37)55-35(3)14-11-9-7-5-2/h13,15-32,34-35H,4-12,14,33H2,1-3H3/t35-/m0/s1. The van der Waals surface area contributed by atoms with Gasteiger partial charge in [0.05, 0.1) is 35.0 Å². The summed E-state index contributed by atoms with van der Waals surface area (Å²) in [7, 11) is 0. The van der Waals surface area contributed by atoms with E-state index in [1.807, 2.05) is 6.92 Å². The minimum absolute atomic E-state index is 0.0825. The van der Waals surface area contributed by atoms with Gasteiger partial charge in [0.15, 0.2) is 0 Å². The highest BCUT2D eigenvalue weighted by molar-refractivity contribution is 5.94. The molecule has 59 heavy (non-hydrogen) atoms. The van der Waals surface area contributed by atoms with Crippen molar-refractivity contribution in [3.8, 4) is 34.5 Å². The summed E-state index contributed by atoms with van der Waals surface area (Å²) in [4.78, 5) is 51.3. The molecule has 0 saturated carbocycles. The van der Waals surface area contributed by atoms with Crippen molar-refractivity contribution in [1.82, 2.24) is 0 Å². The van der Waals surface area contributed by atoms with Gasteiger partial charge < -0.3 is 28.4 Å². The van der Waals surface area contributed by atoms with Gasteiger partial charge in [0.25, 0.3) is 0 Å². The van der Waals surface area contributed by atoms with Crippen LogP contribution in [0.5, 0.6) is 34.5 Å². The second-order valence-corrected chi connectivity index (χ2v) is 14.2. The summed E-state index contributed by atoms with van der Waals surface area (Å²) in [6, 6.07) is 31.6. The van der Waals surface area contributed by atoms with Crippen LogP contribution in [0, 0.1) is 0 Å². The summed E-state index contributed by atoms with van der Waals surface area (Å²) in [5.74, 6) is -0.215. The molecule has 0 aliphatic carbocycles. The molecule has 5 rings (SSSR count). The van der Waals surface area contributed by atoms with E-state index in [0.717, 1.165) is 25.7 Å². The predicted molar refractivity (Wildman–Crippen MR) is 225 cm³/mol. The lowest BCUT2D eigenvalue weighted by Crippen LogP contribution is -2.12. The lowest BCUT2D eigenvalue weighted by Gasteiger charge is -2.14. The van der Waals surface area contributed by atoms with Crippen molar-refractivity contribution < 1.29 is 47.6 Å². The molecule has 10 nitrogen and oxygen atoms in total. The SMILES string of the molecule is CCCCCCCOc1ccc(C(=O)Oc2ccc(C(=O)Oc3cccc(OC(=O)c4ccc(OC(=O)c5ccc(O[C@@H](C)CCCCCC)cc5)cc4)c3)cc2)cc1. The van der Waals surface area contributed by atoms with E-state index in [0.29, 0.717) is 29.2 Å². The molecule has 0 heterocycles. The van der Waals surface area contributed by atoms with Gasteiger partial charge in [-0.25, -0.2) is 19.2 Å². The van der Waals surface area contributed by atoms with Crippen LogP contribution in [0.1, 0.15) is 126 Å². The average Bonchev–Trinajstić information content (AvgIpc) is 3.24. The van der Waals surface area contributed by atoms with Crippen molar-refractivity contribution >= 4 is 23.9 Å². The Hall–Kier alpha value is -6.42. The molecule has 0 spiro atoms. The Morgan fingerprint density at radius 1 is 0.424 bits per heavy atom. The fraction of sp³-hybridized carbons (Fsp3) is 0.306. The van der Waals surface area contributed by atoms with Crippen molar-refractivity contribution in [3.05, 3.63) is 144 Å². The summed E-state index contributed by atoms with van der Waals surface area (Å²) in [5, 5.41) is 0. The van der Waals surface area contributed by atoms with Gasteiger partial charge in [-0.1, -0.05) is 64.9 Å². The van der Waals surface area contributed by atoms with Crippen LogP contribution in [0.2, 0.25) is 0 Å². The second-order valence-electron chi connectivity index (χ2n) is 14.2. The molecule has 0 amide bonds. The molecule has 5 aromatic carbocycles. The third-order valence-electron chi connectivity index (χ3n) is 9.33. The number of unbranched alkanes of at least 4 members (excludes halogenated alkanes) is 7. The zero-order chi connectivity index (χ0) is 41.8. The Balaban J connectivity index is 1.05. The van der Waals surface area contributed by atoms with Crippen molar-refractivity contribution in [2.75, 3.05) is 6.61 Å². The summed E-state index contributed by atoms with van der Waals surface area (Å²) in [6.45, 7) is 7.04. The molecular weight excluding hydrogens is 749 g/mol. The normalized spacial score (nSPS) is 11.2. The molecule has 1 atom stereocenters. The van der Waals surface area contributed by atoms with E-state index in [4.69, 9.17) is 28.4 Å². The number of hydrogen-bond acceptors (Lipinski definition) is 10. The van der Waals surface area contributed by atoms with E-state index in [1.54, 1.807) is 66.7 Å². The molecule has 0 fully saturated rings. The zero-order valence-electron chi connectivity index (χ0n) is 34.0. The first-order valence-corrected chi connectivity index (χ1v) is 20.4. The second kappa shape index (κ2) is 23.1. The molecular formula is C49H52O10. The maximum atomic E-state index is 12.9. The van der Waals surface area contributed by atoms with E-state index < -0.39 is 23.9 Å². The number of ether oxygens (including phenoxy) is 6. The van der Waals surface area contributed by atoms with E-state index >= 15 is 0 Å². The molecule has 0 aliphatic heterocycles. The molecule has 0 radical (unpaired) electrons. The summed E-state index contributed by atoms with van der Waals surface area (Å²) in [5.41, 5.74) is 1.16. The Labute approximate surface area is 346 Å². The summed E-state index contributed by atoms with van der Waals surface area (Å²) >= 11 is 0. The molecule has 0 aromatic heterocycles. The van der Waals surface area contributed by atoms with Gasteiger partial charge in [-0.2, -0.15) is 0 Å². The zero-order valence-corrected chi connectivity index (χ0v) is 34.0. The monoisotopic (exact) mass is 800 g/mol. The lowest BCUT2D eigenvalue weighted by molar-refractivity contribution is 0.0723. The fourth-order valence-corrected chi connectivity index (χ4v) is 5.99. The van der Waals surface area contributed by atoms with Crippen molar-refractivity contribution in [2.24, 2.45) is 0 Å². The minimum atomic E-state index is -0.663. The van der Waals surface area contributed by atoms with Gasteiger partial charge in [0.1, 0.15) is 34.5 Å². The first-order chi connectivity index (χ1) is 28.7. The number of rotatable bonds is 22. The Kier molecular flexibility index (Phi) is 17.1. The van der Waals surface area contributed by atoms with Crippen LogP contribution < -0.4 is 28.4 Å². The summed E-state index contributed by atoms with van der Waals surface area (Å²) < 4.78 is 33.7. The highest BCUT2D eigenvalue weighted by atomic mass is 16.6.